The summed E-state index contributed by atoms with van der Waals surface area (Å²) in [4.78, 5) is 20.0. The number of rotatable bonds is 6. The molecule has 0 unspecified atom stereocenters. The lowest BCUT2D eigenvalue weighted by molar-refractivity contribution is 0.375. The highest BCUT2D eigenvalue weighted by molar-refractivity contribution is 7.91. The van der Waals surface area contributed by atoms with Gasteiger partial charge in [0.25, 0.3) is 0 Å². The van der Waals surface area contributed by atoms with Crippen LogP contribution in [-0.2, 0) is 16.4 Å². The molecule has 3 rings (SSSR count). The van der Waals surface area contributed by atoms with Gasteiger partial charge in [0.05, 0.1) is 16.8 Å². The van der Waals surface area contributed by atoms with E-state index in [9.17, 15) is 13.2 Å². The first-order valence-corrected chi connectivity index (χ1v) is 8.84. The molecule has 3 aromatic rings. The summed E-state index contributed by atoms with van der Waals surface area (Å²) in [6.07, 6.45) is 4.66. The smallest absolute Gasteiger partial charge is 0.295 e. The molecule has 0 aliphatic heterocycles. The third-order valence-corrected chi connectivity index (χ3v) is 5.19. The summed E-state index contributed by atoms with van der Waals surface area (Å²) in [6, 6.07) is 8.19. The molecule has 0 bridgehead atoms. The van der Waals surface area contributed by atoms with E-state index >= 15 is 0 Å². The molecule has 0 N–H and O–H groups in total. The first-order valence-electron chi connectivity index (χ1n) is 7.18. The summed E-state index contributed by atoms with van der Waals surface area (Å²) in [7, 11) is -3.40. The number of benzene rings is 1. The molecule has 0 radical (unpaired) electrons. The Balaban J connectivity index is 1.75. The van der Waals surface area contributed by atoms with Crippen molar-refractivity contribution in [3.63, 3.8) is 0 Å². The van der Waals surface area contributed by atoms with Gasteiger partial charge in [-0.25, -0.2) is 18.2 Å². The first-order chi connectivity index (χ1) is 11.6. The highest BCUT2D eigenvalue weighted by Gasteiger charge is 2.17. The van der Waals surface area contributed by atoms with Crippen LogP contribution in [0, 0.1) is 0 Å². The highest BCUT2D eigenvalue weighted by Crippen LogP contribution is 2.14. The van der Waals surface area contributed by atoms with E-state index in [-0.39, 0.29) is 29.4 Å². The van der Waals surface area contributed by atoms with Gasteiger partial charge in [0.2, 0.25) is 5.82 Å². The monoisotopic (exact) mass is 346 g/mol. The zero-order chi connectivity index (χ0) is 17.0. The van der Waals surface area contributed by atoms with E-state index in [1.54, 1.807) is 30.3 Å². The lowest BCUT2D eigenvalue weighted by atomic mass is 10.4. The zero-order valence-corrected chi connectivity index (χ0v) is 13.4. The lowest BCUT2D eigenvalue weighted by Gasteiger charge is -2.05. The molecule has 0 saturated heterocycles. The standard InChI is InChI=1S/C15H14N4O4S/c20-15-19(14(18-23-15)13-11-16-7-8-17-13)9-4-10-24(21,22)12-5-2-1-3-6-12/h1-3,5-8,11H,4,9-10H2. The van der Waals surface area contributed by atoms with E-state index in [0.29, 0.717) is 5.69 Å². The summed E-state index contributed by atoms with van der Waals surface area (Å²) in [5.41, 5.74) is 0.384. The van der Waals surface area contributed by atoms with Crippen molar-refractivity contribution < 1.29 is 12.9 Å². The van der Waals surface area contributed by atoms with Crippen LogP contribution < -0.4 is 5.76 Å². The molecule has 24 heavy (non-hydrogen) atoms. The molecule has 2 heterocycles. The fourth-order valence-electron chi connectivity index (χ4n) is 2.22. The molecule has 0 saturated carbocycles. The first kappa shape index (κ1) is 16.1. The van der Waals surface area contributed by atoms with Crippen molar-refractivity contribution in [3.05, 3.63) is 59.5 Å². The van der Waals surface area contributed by atoms with E-state index in [1.807, 2.05) is 0 Å². The van der Waals surface area contributed by atoms with Crippen LogP contribution in [0.5, 0.6) is 0 Å². The van der Waals surface area contributed by atoms with Gasteiger partial charge in [0, 0.05) is 18.9 Å². The quantitative estimate of drug-likeness (QED) is 0.659. The minimum atomic E-state index is -3.40. The molecular formula is C15H14N4O4S. The van der Waals surface area contributed by atoms with Gasteiger partial charge in [-0.1, -0.05) is 23.4 Å². The van der Waals surface area contributed by atoms with Gasteiger partial charge >= 0.3 is 5.76 Å². The van der Waals surface area contributed by atoms with E-state index in [2.05, 4.69) is 19.6 Å². The predicted molar refractivity (Wildman–Crippen MR) is 84.9 cm³/mol. The Labute approximate surface area is 137 Å². The normalized spacial score (nSPS) is 11.5. The van der Waals surface area contributed by atoms with Crippen molar-refractivity contribution in [1.29, 1.82) is 0 Å². The van der Waals surface area contributed by atoms with Crippen LogP contribution in [0.2, 0.25) is 0 Å². The average molecular weight is 346 g/mol. The minimum absolute atomic E-state index is 0.0887. The Kier molecular flexibility index (Phi) is 4.52. The van der Waals surface area contributed by atoms with E-state index in [0.717, 1.165) is 0 Å². The molecule has 124 valence electrons. The van der Waals surface area contributed by atoms with Crippen molar-refractivity contribution in [2.45, 2.75) is 17.9 Å². The topological polar surface area (TPSA) is 108 Å². The van der Waals surface area contributed by atoms with Gasteiger partial charge in [-0.3, -0.25) is 14.1 Å². The van der Waals surface area contributed by atoms with E-state index in [4.69, 9.17) is 0 Å². The second kappa shape index (κ2) is 6.75. The highest BCUT2D eigenvalue weighted by atomic mass is 32.2. The van der Waals surface area contributed by atoms with Crippen LogP contribution in [0.3, 0.4) is 0 Å². The van der Waals surface area contributed by atoms with Gasteiger partial charge in [0.1, 0.15) is 5.69 Å². The summed E-state index contributed by atoms with van der Waals surface area (Å²) >= 11 is 0. The fourth-order valence-corrected chi connectivity index (χ4v) is 3.54. The maximum atomic E-state index is 12.3. The van der Waals surface area contributed by atoms with Crippen LogP contribution in [0.15, 0.2) is 63.1 Å². The molecule has 1 aromatic carbocycles. The van der Waals surface area contributed by atoms with Crippen molar-refractivity contribution >= 4 is 9.84 Å². The minimum Gasteiger partial charge on any atom is -0.295 e. The second-order valence-electron chi connectivity index (χ2n) is 5.00. The molecule has 0 aliphatic carbocycles. The van der Waals surface area contributed by atoms with Gasteiger partial charge in [-0.05, 0) is 18.6 Å². The Morgan fingerprint density at radius 2 is 1.92 bits per heavy atom. The lowest BCUT2D eigenvalue weighted by Crippen LogP contribution is -2.18. The molecule has 0 aliphatic rings. The zero-order valence-electron chi connectivity index (χ0n) is 12.6. The molecule has 0 atom stereocenters. The molecule has 8 nitrogen and oxygen atoms in total. The van der Waals surface area contributed by atoms with Gasteiger partial charge in [-0.15, -0.1) is 0 Å². The molecular weight excluding hydrogens is 332 g/mol. The third kappa shape index (κ3) is 3.40. The molecule has 9 heteroatoms. The maximum Gasteiger partial charge on any atom is 0.441 e. The second-order valence-corrected chi connectivity index (χ2v) is 7.11. The van der Waals surface area contributed by atoms with Crippen LogP contribution in [0.4, 0.5) is 0 Å². The molecule has 2 aromatic heterocycles. The Hall–Kier alpha value is -2.81. The summed E-state index contributed by atoms with van der Waals surface area (Å²) in [6.45, 7) is 0.153. The maximum absolute atomic E-state index is 12.3. The Morgan fingerprint density at radius 1 is 1.12 bits per heavy atom. The number of sulfone groups is 1. The predicted octanol–water partition coefficient (Wildman–Crippen LogP) is 1.16. The summed E-state index contributed by atoms with van der Waals surface area (Å²) in [5.74, 6) is -0.521. The van der Waals surface area contributed by atoms with Gasteiger partial charge in [0.15, 0.2) is 9.84 Å². The van der Waals surface area contributed by atoms with Crippen molar-refractivity contribution in [2.24, 2.45) is 0 Å². The fraction of sp³-hybridized carbons (Fsp3) is 0.200. The molecule has 0 amide bonds. The number of nitrogens with zero attached hydrogens (tertiary/aromatic N) is 4. The Morgan fingerprint density at radius 3 is 2.62 bits per heavy atom. The van der Waals surface area contributed by atoms with Crippen molar-refractivity contribution in [2.75, 3.05) is 5.75 Å². The van der Waals surface area contributed by atoms with Crippen LogP contribution in [-0.4, -0.2) is 33.9 Å². The number of hydrogen-bond acceptors (Lipinski definition) is 7. The van der Waals surface area contributed by atoms with Crippen LogP contribution in [0.1, 0.15) is 6.42 Å². The summed E-state index contributed by atoms with van der Waals surface area (Å²) < 4.78 is 30.4. The summed E-state index contributed by atoms with van der Waals surface area (Å²) in [5, 5.41) is 3.68. The molecule has 0 spiro atoms. The van der Waals surface area contributed by atoms with Crippen molar-refractivity contribution in [1.82, 2.24) is 19.7 Å². The third-order valence-electron chi connectivity index (χ3n) is 3.38. The Bertz CT molecular complexity index is 965. The largest absolute Gasteiger partial charge is 0.441 e. The number of aromatic nitrogens is 4. The van der Waals surface area contributed by atoms with Crippen LogP contribution in [0.25, 0.3) is 11.5 Å². The average Bonchev–Trinajstić information content (AvgIpc) is 2.97. The SMILES string of the molecule is O=c1onc(-c2cnccn2)n1CCCS(=O)(=O)c1ccccc1. The van der Waals surface area contributed by atoms with E-state index in [1.165, 1.54) is 23.2 Å². The van der Waals surface area contributed by atoms with Crippen molar-refractivity contribution in [3.8, 4) is 11.5 Å². The number of hydrogen-bond donors (Lipinski definition) is 0. The van der Waals surface area contributed by atoms with Crippen LogP contribution >= 0.6 is 0 Å². The van der Waals surface area contributed by atoms with Gasteiger partial charge in [-0.2, -0.15) is 0 Å². The molecule has 0 fully saturated rings. The van der Waals surface area contributed by atoms with Gasteiger partial charge < -0.3 is 0 Å². The van der Waals surface area contributed by atoms with E-state index < -0.39 is 15.6 Å².